The fraction of sp³-hybridized carbons (Fsp3) is 0.353. The number of esters is 1. The van der Waals surface area contributed by atoms with Gasteiger partial charge in [0.25, 0.3) is 0 Å². The zero-order chi connectivity index (χ0) is 18.2. The SMILES string of the molecule is CCOC(=O)Cc1csc(NC(=O)CSC(C)c2ccccc2F)n1. The number of nitrogens with one attached hydrogen (secondary N) is 1. The van der Waals surface area contributed by atoms with E-state index >= 15 is 0 Å². The van der Waals surface area contributed by atoms with Crippen LogP contribution in [0.2, 0.25) is 0 Å². The second kappa shape index (κ2) is 9.53. The predicted molar refractivity (Wildman–Crippen MR) is 98.4 cm³/mol. The van der Waals surface area contributed by atoms with Crippen molar-refractivity contribution >= 4 is 40.1 Å². The summed E-state index contributed by atoms with van der Waals surface area (Å²) in [5.41, 5.74) is 1.14. The van der Waals surface area contributed by atoms with Crippen LogP contribution >= 0.6 is 23.1 Å². The number of benzene rings is 1. The molecule has 1 amide bonds. The second-order valence-electron chi connectivity index (χ2n) is 5.15. The predicted octanol–water partition coefficient (Wildman–Crippen LogP) is 3.82. The standard InChI is InChI=1S/C17H19FN2O3S2/c1-3-23-16(22)8-12-9-25-17(19-12)20-15(21)10-24-11(2)13-6-4-5-7-14(13)18/h4-7,9,11H,3,8,10H2,1-2H3,(H,19,20,21). The van der Waals surface area contributed by atoms with Crippen molar-refractivity contribution in [2.45, 2.75) is 25.5 Å². The smallest absolute Gasteiger partial charge is 0.311 e. The maximum atomic E-state index is 13.7. The molecule has 0 spiro atoms. The zero-order valence-electron chi connectivity index (χ0n) is 14.0. The van der Waals surface area contributed by atoms with Gasteiger partial charge in [0.2, 0.25) is 5.91 Å². The Labute approximate surface area is 154 Å². The van der Waals surface area contributed by atoms with Crippen LogP contribution in [0.25, 0.3) is 0 Å². The third kappa shape index (κ3) is 6.13. The number of carbonyl (C=O) groups is 2. The third-order valence-corrected chi connectivity index (χ3v) is 5.23. The number of thiazole rings is 1. The van der Waals surface area contributed by atoms with Crippen LogP contribution in [0.5, 0.6) is 0 Å². The van der Waals surface area contributed by atoms with Crippen molar-refractivity contribution in [3.8, 4) is 0 Å². The first kappa shape index (κ1) is 19.4. The highest BCUT2D eigenvalue weighted by atomic mass is 32.2. The van der Waals surface area contributed by atoms with Gasteiger partial charge < -0.3 is 10.1 Å². The molecule has 1 aromatic carbocycles. The van der Waals surface area contributed by atoms with Crippen molar-refractivity contribution in [1.82, 2.24) is 4.98 Å². The van der Waals surface area contributed by atoms with Crippen molar-refractivity contribution in [2.24, 2.45) is 0 Å². The summed E-state index contributed by atoms with van der Waals surface area (Å²) in [5.74, 6) is -0.654. The van der Waals surface area contributed by atoms with Gasteiger partial charge in [0.15, 0.2) is 5.13 Å². The number of rotatable bonds is 8. The third-order valence-electron chi connectivity index (χ3n) is 3.24. The van der Waals surface area contributed by atoms with Crippen molar-refractivity contribution in [2.75, 3.05) is 17.7 Å². The molecule has 1 aromatic heterocycles. The molecule has 0 saturated carbocycles. The molecule has 0 fully saturated rings. The largest absolute Gasteiger partial charge is 0.466 e. The Balaban J connectivity index is 1.81. The number of aromatic nitrogens is 1. The number of halogens is 1. The number of anilines is 1. The Hall–Kier alpha value is -1.93. The molecule has 1 atom stereocenters. The van der Waals surface area contributed by atoms with Crippen molar-refractivity contribution in [3.63, 3.8) is 0 Å². The van der Waals surface area contributed by atoms with Gasteiger partial charge in [-0.2, -0.15) is 0 Å². The van der Waals surface area contributed by atoms with E-state index in [9.17, 15) is 14.0 Å². The van der Waals surface area contributed by atoms with E-state index in [2.05, 4.69) is 10.3 Å². The van der Waals surface area contributed by atoms with Gasteiger partial charge in [-0.1, -0.05) is 18.2 Å². The van der Waals surface area contributed by atoms with E-state index in [0.717, 1.165) is 0 Å². The lowest BCUT2D eigenvalue weighted by Crippen LogP contribution is -2.15. The molecule has 2 aromatic rings. The number of amides is 1. The van der Waals surface area contributed by atoms with Crippen molar-refractivity contribution in [1.29, 1.82) is 0 Å². The summed E-state index contributed by atoms with van der Waals surface area (Å²) >= 11 is 2.60. The van der Waals surface area contributed by atoms with Gasteiger partial charge in [0.1, 0.15) is 5.82 Å². The Morgan fingerprint density at radius 1 is 1.40 bits per heavy atom. The van der Waals surface area contributed by atoms with Gasteiger partial charge in [-0.05, 0) is 19.9 Å². The number of nitrogens with zero attached hydrogens (tertiary/aromatic N) is 1. The first-order valence-electron chi connectivity index (χ1n) is 7.75. The fourth-order valence-corrected chi connectivity index (χ4v) is 3.63. The molecule has 0 bridgehead atoms. The first-order valence-corrected chi connectivity index (χ1v) is 9.68. The molecular formula is C17H19FN2O3S2. The Kier molecular flexibility index (Phi) is 7.39. The molecule has 8 heteroatoms. The zero-order valence-corrected chi connectivity index (χ0v) is 15.6. The summed E-state index contributed by atoms with van der Waals surface area (Å²) in [7, 11) is 0. The lowest BCUT2D eigenvalue weighted by atomic mass is 10.1. The van der Waals surface area contributed by atoms with Gasteiger partial charge in [0.05, 0.1) is 24.5 Å². The Bertz CT molecular complexity index is 736. The minimum atomic E-state index is -0.347. The van der Waals surface area contributed by atoms with E-state index in [4.69, 9.17) is 4.74 Å². The van der Waals surface area contributed by atoms with Crippen LogP contribution in [-0.4, -0.2) is 29.2 Å². The van der Waals surface area contributed by atoms with Gasteiger partial charge >= 0.3 is 5.97 Å². The molecule has 0 aliphatic heterocycles. The number of carbonyl (C=O) groups excluding carboxylic acids is 2. The summed E-state index contributed by atoms with van der Waals surface area (Å²) in [6.07, 6.45) is 0.0826. The highest BCUT2D eigenvalue weighted by molar-refractivity contribution is 8.00. The number of hydrogen-bond acceptors (Lipinski definition) is 6. The molecule has 2 rings (SSSR count). The van der Waals surface area contributed by atoms with E-state index < -0.39 is 0 Å². The van der Waals surface area contributed by atoms with Gasteiger partial charge in [0, 0.05) is 16.2 Å². The Morgan fingerprint density at radius 2 is 2.16 bits per heavy atom. The number of hydrogen-bond donors (Lipinski definition) is 1. The molecule has 5 nitrogen and oxygen atoms in total. The van der Waals surface area contributed by atoms with Crippen LogP contribution in [0.15, 0.2) is 29.6 Å². The molecule has 1 unspecified atom stereocenters. The number of ether oxygens (including phenoxy) is 1. The maximum absolute atomic E-state index is 13.7. The lowest BCUT2D eigenvalue weighted by molar-refractivity contribution is -0.142. The average molecular weight is 382 g/mol. The number of thioether (sulfide) groups is 1. The van der Waals surface area contributed by atoms with Crippen LogP contribution in [0.3, 0.4) is 0 Å². The molecule has 0 aliphatic carbocycles. The van der Waals surface area contributed by atoms with Crippen LogP contribution < -0.4 is 5.32 Å². The topological polar surface area (TPSA) is 68.3 Å². The summed E-state index contributed by atoms with van der Waals surface area (Å²) in [5, 5.41) is 4.70. The Morgan fingerprint density at radius 3 is 2.88 bits per heavy atom. The summed E-state index contributed by atoms with van der Waals surface area (Å²) in [6, 6.07) is 6.54. The summed E-state index contributed by atoms with van der Waals surface area (Å²) < 4.78 is 18.6. The molecular weight excluding hydrogens is 363 g/mol. The van der Waals surface area contributed by atoms with Gasteiger partial charge in [-0.15, -0.1) is 23.1 Å². The molecule has 0 aliphatic rings. The molecule has 1 N–H and O–H groups in total. The lowest BCUT2D eigenvalue weighted by Gasteiger charge is -2.12. The summed E-state index contributed by atoms with van der Waals surface area (Å²) in [4.78, 5) is 27.6. The van der Waals surface area contributed by atoms with E-state index in [1.54, 1.807) is 30.5 Å². The minimum absolute atomic E-state index is 0.0826. The highest BCUT2D eigenvalue weighted by Gasteiger charge is 2.14. The molecule has 1 heterocycles. The minimum Gasteiger partial charge on any atom is -0.466 e. The quantitative estimate of drug-likeness (QED) is 0.703. The summed E-state index contributed by atoms with van der Waals surface area (Å²) in [6.45, 7) is 3.92. The monoisotopic (exact) mass is 382 g/mol. The van der Waals surface area contributed by atoms with E-state index in [1.165, 1.54) is 29.2 Å². The van der Waals surface area contributed by atoms with Crippen molar-refractivity contribution in [3.05, 3.63) is 46.7 Å². The maximum Gasteiger partial charge on any atom is 0.311 e. The van der Waals surface area contributed by atoms with Crippen LogP contribution in [0, 0.1) is 5.82 Å². The average Bonchev–Trinajstić information content (AvgIpc) is 3.00. The van der Waals surface area contributed by atoms with Crippen LogP contribution in [0.4, 0.5) is 9.52 Å². The molecule has 0 saturated heterocycles. The van der Waals surface area contributed by atoms with E-state index in [1.807, 2.05) is 6.92 Å². The second-order valence-corrected chi connectivity index (χ2v) is 7.34. The molecule has 0 radical (unpaired) electrons. The normalized spacial score (nSPS) is 11.8. The first-order chi connectivity index (χ1) is 12.0. The van der Waals surface area contributed by atoms with E-state index in [-0.39, 0.29) is 35.1 Å². The van der Waals surface area contributed by atoms with Crippen molar-refractivity contribution < 1.29 is 18.7 Å². The van der Waals surface area contributed by atoms with Gasteiger partial charge in [-0.3, -0.25) is 9.59 Å². The van der Waals surface area contributed by atoms with Crippen LogP contribution in [0.1, 0.15) is 30.4 Å². The molecule has 25 heavy (non-hydrogen) atoms. The molecule has 134 valence electrons. The van der Waals surface area contributed by atoms with Crippen LogP contribution in [-0.2, 0) is 20.7 Å². The fourth-order valence-electron chi connectivity index (χ4n) is 2.06. The van der Waals surface area contributed by atoms with Gasteiger partial charge in [-0.25, -0.2) is 9.37 Å². The highest BCUT2D eigenvalue weighted by Crippen LogP contribution is 2.30. The van der Waals surface area contributed by atoms with E-state index in [0.29, 0.717) is 23.0 Å².